The van der Waals surface area contributed by atoms with E-state index in [0.29, 0.717) is 11.3 Å². The molecule has 5 heteroatoms. The van der Waals surface area contributed by atoms with E-state index in [9.17, 15) is 9.59 Å². The van der Waals surface area contributed by atoms with E-state index in [1.807, 2.05) is 49.5 Å². The molecule has 1 aliphatic rings. The van der Waals surface area contributed by atoms with E-state index in [-0.39, 0.29) is 17.7 Å². The monoisotopic (exact) mass is 387 g/mol. The van der Waals surface area contributed by atoms with Crippen molar-refractivity contribution in [3.05, 3.63) is 66.4 Å². The molecular formula is C24H25N3O2. The molecule has 0 saturated heterocycles. The maximum Gasteiger partial charge on any atom is 0.255 e. The third kappa shape index (κ3) is 4.29. The summed E-state index contributed by atoms with van der Waals surface area (Å²) in [5, 5.41) is 3.87. The number of hydrogen-bond donors (Lipinski definition) is 1. The highest BCUT2D eigenvalue weighted by molar-refractivity contribution is 6.05. The van der Waals surface area contributed by atoms with Crippen LogP contribution in [0.3, 0.4) is 0 Å². The number of pyridine rings is 1. The highest BCUT2D eigenvalue weighted by Crippen LogP contribution is 2.27. The second-order valence-electron chi connectivity index (χ2n) is 7.65. The summed E-state index contributed by atoms with van der Waals surface area (Å²) in [5.41, 5.74) is 2.90. The zero-order valence-electron chi connectivity index (χ0n) is 16.6. The summed E-state index contributed by atoms with van der Waals surface area (Å²) in [6, 6.07) is 16.8. The summed E-state index contributed by atoms with van der Waals surface area (Å²) in [5.74, 6) is 0.0937. The van der Waals surface area contributed by atoms with Crippen LogP contribution in [0, 0.1) is 5.92 Å². The number of rotatable bonds is 4. The van der Waals surface area contributed by atoms with E-state index in [1.54, 1.807) is 23.2 Å². The second-order valence-corrected chi connectivity index (χ2v) is 7.65. The molecule has 0 aliphatic heterocycles. The van der Waals surface area contributed by atoms with Crippen molar-refractivity contribution < 1.29 is 9.59 Å². The standard InChI is InChI=1S/C24H25N3O2/c1-27(24(29)18-7-3-2-4-8-18)21-13-11-17(12-14-21)23(28)26-20-15-19-9-5-6-10-22(19)25-16-20/h5-6,9-16,18H,2-4,7-8H2,1H3,(H,26,28). The Balaban J connectivity index is 1.43. The molecule has 0 bridgehead atoms. The summed E-state index contributed by atoms with van der Waals surface area (Å²) >= 11 is 0. The van der Waals surface area contributed by atoms with Crippen LogP contribution >= 0.6 is 0 Å². The number of anilines is 2. The molecule has 2 aromatic carbocycles. The normalized spacial score (nSPS) is 14.5. The highest BCUT2D eigenvalue weighted by Gasteiger charge is 2.24. The smallest absolute Gasteiger partial charge is 0.255 e. The van der Waals surface area contributed by atoms with Crippen molar-refractivity contribution in [2.24, 2.45) is 5.92 Å². The fourth-order valence-electron chi connectivity index (χ4n) is 3.93. The number of carbonyl (C=O) groups excluding carboxylic acids is 2. The third-order valence-corrected chi connectivity index (χ3v) is 5.65. The van der Waals surface area contributed by atoms with Crippen molar-refractivity contribution in [3.8, 4) is 0 Å². The van der Waals surface area contributed by atoms with Gasteiger partial charge >= 0.3 is 0 Å². The van der Waals surface area contributed by atoms with Gasteiger partial charge < -0.3 is 10.2 Å². The van der Waals surface area contributed by atoms with E-state index in [1.165, 1.54) is 6.42 Å². The summed E-state index contributed by atoms with van der Waals surface area (Å²) in [6.45, 7) is 0. The Morgan fingerprint density at radius 1 is 1.00 bits per heavy atom. The molecule has 4 rings (SSSR count). The third-order valence-electron chi connectivity index (χ3n) is 5.65. The number of para-hydroxylation sites is 1. The van der Waals surface area contributed by atoms with E-state index in [0.717, 1.165) is 42.3 Å². The predicted molar refractivity (Wildman–Crippen MR) is 116 cm³/mol. The van der Waals surface area contributed by atoms with Gasteiger partial charge in [-0.1, -0.05) is 37.5 Å². The SMILES string of the molecule is CN(C(=O)C1CCCCC1)c1ccc(C(=O)Nc2cnc3ccccc3c2)cc1. The van der Waals surface area contributed by atoms with Crippen LogP contribution in [0.15, 0.2) is 60.8 Å². The largest absolute Gasteiger partial charge is 0.321 e. The number of fused-ring (bicyclic) bond motifs is 1. The van der Waals surface area contributed by atoms with Gasteiger partial charge in [-0.3, -0.25) is 14.6 Å². The van der Waals surface area contributed by atoms with Gasteiger partial charge in [0, 0.05) is 29.6 Å². The molecule has 29 heavy (non-hydrogen) atoms. The zero-order chi connectivity index (χ0) is 20.2. The van der Waals surface area contributed by atoms with Gasteiger partial charge in [0.25, 0.3) is 5.91 Å². The van der Waals surface area contributed by atoms with Crippen LogP contribution < -0.4 is 10.2 Å². The number of aromatic nitrogens is 1. The van der Waals surface area contributed by atoms with Gasteiger partial charge in [-0.2, -0.15) is 0 Å². The fraction of sp³-hybridized carbons (Fsp3) is 0.292. The molecule has 1 saturated carbocycles. The maximum atomic E-state index is 12.7. The van der Waals surface area contributed by atoms with Crippen LogP contribution in [0.5, 0.6) is 0 Å². The number of hydrogen-bond acceptors (Lipinski definition) is 3. The van der Waals surface area contributed by atoms with E-state index in [4.69, 9.17) is 0 Å². The predicted octanol–water partition coefficient (Wildman–Crippen LogP) is 5.03. The molecule has 1 N–H and O–H groups in total. The van der Waals surface area contributed by atoms with Gasteiger partial charge in [-0.25, -0.2) is 0 Å². The van der Waals surface area contributed by atoms with E-state index in [2.05, 4.69) is 10.3 Å². The van der Waals surface area contributed by atoms with Gasteiger partial charge in [-0.05, 0) is 49.2 Å². The summed E-state index contributed by atoms with van der Waals surface area (Å²) in [7, 11) is 1.81. The lowest BCUT2D eigenvalue weighted by molar-refractivity contribution is -0.123. The lowest BCUT2D eigenvalue weighted by Gasteiger charge is -2.26. The number of benzene rings is 2. The van der Waals surface area contributed by atoms with Crippen LogP contribution in [-0.4, -0.2) is 23.8 Å². The minimum absolute atomic E-state index is 0.122. The van der Waals surface area contributed by atoms with Crippen molar-refractivity contribution >= 4 is 34.1 Å². The minimum atomic E-state index is -0.199. The summed E-state index contributed by atoms with van der Waals surface area (Å²) in [6.07, 6.45) is 7.10. The van der Waals surface area contributed by atoms with E-state index >= 15 is 0 Å². The van der Waals surface area contributed by atoms with Crippen molar-refractivity contribution in [2.45, 2.75) is 32.1 Å². The molecule has 0 atom stereocenters. The average molecular weight is 387 g/mol. The molecule has 5 nitrogen and oxygen atoms in total. The topological polar surface area (TPSA) is 62.3 Å². The lowest BCUT2D eigenvalue weighted by atomic mass is 9.88. The Labute approximate surface area is 170 Å². The molecule has 1 aromatic heterocycles. The first kappa shape index (κ1) is 19.1. The van der Waals surface area contributed by atoms with Crippen LogP contribution in [-0.2, 0) is 4.79 Å². The number of amides is 2. The minimum Gasteiger partial charge on any atom is -0.321 e. The highest BCUT2D eigenvalue weighted by atomic mass is 16.2. The van der Waals surface area contributed by atoms with Crippen LogP contribution in [0.2, 0.25) is 0 Å². The maximum absolute atomic E-state index is 12.7. The lowest BCUT2D eigenvalue weighted by Crippen LogP contribution is -2.33. The van der Waals surface area contributed by atoms with Crippen LogP contribution in [0.4, 0.5) is 11.4 Å². The van der Waals surface area contributed by atoms with Crippen molar-refractivity contribution in [2.75, 3.05) is 17.3 Å². The molecule has 1 fully saturated rings. The number of nitrogens with zero attached hydrogens (tertiary/aromatic N) is 2. The van der Waals surface area contributed by atoms with E-state index < -0.39 is 0 Å². The Morgan fingerprint density at radius 3 is 2.48 bits per heavy atom. The Morgan fingerprint density at radius 2 is 1.72 bits per heavy atom. The number of carbonyl (C=O) groups is 2. The molecule has 1 aliphatic carbocycles. The molecule has 1 heterocycles. The second kappa shape index (κ2) is 8.43. The van der Waals surface area contributed by atoms with Crippen molar-refractivity contribution in [1.29, 1.82) is 0 Å². The number of nitrogens with one attached hydrogen (secondary N) is 1. The summed E-state index contributed by atoms with van der Waals surface area (Å²) in [4.78, 5) is 31.4. The first-order valence-corrected chi connectivity index (χ1v) is 10.2. The molecule has 0 spiro atoms. The Kier molecular flexibility index (Phi) is 5.56. The van der Waals surface area contributed by atoms with Gasteiger partial charge in [-0.15, -0.1) is 0 Å². The van der Waals surface area contributed by atoms with Gasteiger partial charge in [0.1, 0.15) is 0 Å². The van der Waals surface area contributed by atoms with Crippen LogP contribution in [0.1, 0.15) is 42.5 Å². The molecule has 0 unspecified atom stereocenters. The van der Waals surface area contributed by atoms with Crippen molar-refractivity contribution in [1.82, 2.24) is 4.98 Å². The first-order chi connectivity index (χ1) is 14.1. The van der Waals surface area contributed by atoms with Crippen LogP contribution in [0.25, 0.3) is 10.9 Å². The first-order valence-electron chi connectivity index (χ1n) is 10.2. The van der Waals surface area contributed by atoms with Gasteiger partial charge in [0.15, 0.2) is 0 Å². The van der Waals surface area contributed by atoms with Gasteiger partial charge in [0.2, 0.25) is 5.91 Å². The zero-order valence-corrected chi connectivity index (χ0v) is 16.6. The van der Waals surface area contributed by atoms with Gasteiger partial charge in [0.05, 0.1) is 17.4 Å². The Hall–Kier alpha value is -3.21. The molecule has 0 radical (unpaired) electrons. The quantitative estimate of drug-likeness (QED) is 0.683. The summed E-state index contributed by atoms with van der Waals surface area (Å²) < 4.78 is 0. The molecular weight excluding hydrogens is 362 g/mol. The Bertz CT molecular complexity index is 1020. The van der Waals surface area contributed by atoms with Crippen molar-refractivity contribution in [3.63, 3.8) is 0 Å². The average Bonchev–Trinajstić information content (AvgIpc) is 2.78. The molecule has 3 aromatic rings. The molecule has 148 valence electrons. The molecule has 2 amide bonds. The fourth-order valence-corrected chi connectivity index (χ4v) is 3.93.